The number of nitrogens with zero attached hydrogens (tertiary/aromatic N) is 2. The van der Waals surface area contributed by atoms with Crippen LogP contribution in [-0.4, -0.2) is 27.7 Å². The standard InChI is InChI=1S/C13H12ClN3O3/c1-2-20-11-4-3-9(7-15-11)17-12-10(14)5-8(6-16-12)13(18)19/h3-7H,2H2,1H3,(H,16,17)(H,18,19). The van der Waals surface area contributed by atoms with Gasteiger partial charge in [-0.05, 0) is 19.1 Å². The Balaban J connectivity index is 2.15. The van der Waals surface area contributed by atoms with Gasteiger partial charge in [-0.1, -0.05) is 11.6 Å². The highest BCUT2D eigenvalue weighted by molar-refractivity contribution is 6.33. The third kappa shape index (κ3) is 3.36. The molecule has 0 aliphatic carbocycles. The molecule has 0 spiro atoms. The van der Waals surface area contributed by atoms with Crippen LogP contribution in [0.5, 0.6) is 5.88 Å². The number of rotatable bonds is 5. The van der Waals surface area contributed by atoms with Gasteiger partial charge in [-0.2, -0.15) is 0 Å². The first-order chi connectivity index (χ1) is 9.60. The molecule has 0 fully saturated rings. The van der Waals surface area contributed by atoms with Gasteiger partial charge in [-0.25, -0.2) is 14.8 Å². The number of anilines is 2. The number of carboxylic acid groups (broad SMARTS) is 1. The molecule has 2 heterocycles. The van der Waals surface area contributed by atoms with Crippen LogP contribution in [0.1, 0.15) is 17.3 Å². The Kier molecular flexibility index (Phi) is 4.37. The van der Waals surface area contributed by atoms with E-state index in [1.165, 1.54) is 12.3 Å². The number of carboxylic acids is 1. The second-order valence-electron chi connectivity index (χ2n) is 3.80. The van der Waals surface area contributed by atoms with Crippen LogP contribution in [0.25, 0.3) is 0 Å². The molecule has 0 aliphatic heterocycles. The minimum atomic E-state index is -1.08. The van der Waals surface area contributed by atoms with E-state index < -0.39 is 5.97 Å². The average molecular weight is 294 g/mol. The Morgan fingerprint density at radius 2 is 2.20 bits per heavy atom. The average Bonchev–Trinajstić information content (AvgIpc) is 2.43. The summed E-state index contributed by atoms with van der Waals surface area (Å²) in [7, 11) is 0. The van der Waals surface area contributed by atoms with Gasteiger partial charge in [-0.15, -0.1) is 0 Å². The first-order valence-electron chi connectivity index (χ1n) is 5.85. The van der Waals surface area contributed by atoms with E-state index in [2.05, 4.69) is 15.3 Å². The molecule has 0 aliphatic rings. The molecule has 0 saturated carbocycles. The van der Waals surface area contributed by atoms with Gasteiger partial charge in [0.05, 0.1) is 29.1 Å². The van der Waals surface area contributed by atoms with E-state index in [1.54, 1.807) is 18.3 Å². The summed E-state index contributed by atoms with van der Waals surface area (Å²) in [4.78, 5) is 18.8. The van der Waals surface area contributed by atoms with E-state index in [0.717, 1.165) is 0 Å². The van der Waals surface area contributed by atoms with E-state index in [-0.39, 0.29) is 10.6 Å². The van der Waals surface area contributed by atoms with E-state index in [0.29, 0.717) is 24.0 Å². The zero-order chi connectivity index (χ0) is 14.5. The van der Waals surface area contributed by atoms with Crippen molar-refractivity contribution in [3.8, 4) is 5.88 Å². The Labute approximate surface area is 120 Å². The van der Waals surface area contributed by atoms with E-state index in [4.69, 9.17) is 21.4 Å². The van der Waals surface area contributed by atoms with Gasteiger partial charge in [0.1, 0.15) is 5.82 Å². The first kappa shape index (κ1) is 14.1. The number of ether oxygens (including phenoxy) is 1. The Morgan fingerprint density at radius 3 is 2.75 bits per heavy atom. The minimum absolute atomic E-state index is 0.0327. The largest absolute Gasteiger partial charge is 0.478 e. The van der Waals surface area contributed by atoms with Crippen LogP contribution in [0.15, 0.2) is 30.6 Å². The van der Waals surface area contributed by atoms with Gasteiger partial charge in [0, 0.05) is 12.3 Å². The van der Waals surface area contributed by atoms with Crippen LogP contribution in [0.4, 0.5) is 11.5 Å². The molecule has 0 saturated heterocycles. The van der Waals surface area contributed by atoms with Gasteiger partial charge >= 0.3 is 5.97 Å². The van der Waals surface area contributed by atoms with Crippen molar-refractivity contribution < 1.29 is 14.6 Å². The lowest BCUT2D eigenvalue weighted by Gasteiger charge is -2.08. The molecule has 2 aromatic rings. The topological polar surface area (TPSA) is 84.3 Å². The lowest BCUT2D eigenvalue weighted by molar-refractivity contribution is 0.0696. The fraction of sp³-hybridized carbons (Fsp3) is 0.154. The molecule has 2 N–H and O–H groups in total. The summed E-state index contributed by atoms with van der Waals surface area (Å²) in [6.45, 7) is 2.42. The normalized spacial score (nSPS) is 10.1. The smallest absolute Gasteiger partial charge is 0.337 e. The maximum atomic E-state index is 10.8. The molecule has 0 amide bonds. The highest BCUT2D eigenvalue weighted by Gasteiger charge is 2.08. The number of hydrogen-bond donors (Lipinski definition) is 2. The monoisotopic (exact) mass is 293 g/mol. The molecule has 104 valence electrons. The predicted octanol–water partition coefficient (Wildman–Crippen LogP) is 2.97. The van der Waals surface area contributed by atoms with Crippen LogP contribution in [0.3, 0.4) is 0 Å². The summed E-state index contributed by atoms with van der Waals surface area (Å²) >= 11 is 5.97. The molecule has 7 heteroatoms. The van der Waals surface area contributed by atoms with Crippen molar-refractivity contribution in [1.82, 2.24) is 9.97 Å². The summed E-state index contributed by atoms with van der Waals surface area (Å²) in [5.41, 5.74) is 0.705. The van der Waals surface area contributed by atoms with Gasteiger partial charge in [0.15, 0.2) is 0 Å². The van der Waals surface area contributed by atoms with Crippen LogP contribution in [0.2, 0.25) is 5.02 Å². The summed E-state index contributed by atoms with van der Waals surface area (Å²) in [6, 6.07) is 4.81. The zero-order valence-electron chi connectivity index (χ0n) is 10.6. The van der Waals surface area contributed by atoms with Gasteiger partial charge < -0.3 is 15.2 Å². The molecule has 0 atom stereocenters. The maximum Gasteiger partial charge on any atom is 0.337 e. The van der Waals surface area contributed by atoms with Crippen molar-refractivity contribution in [3.05, 3.63) is 41.2 Å². The van der Waals surface area contributed by atoms with E-state index in [9.17, 15) is 4.79 Å². The van der Waals surface area contributed by atoms with Crippen molar-refractivity contribution in [2.24, 2.45) is 0 Å². The van der Waals surface area contributed by atoms with Crippen LogP contribution >= 0.6 is 11.6 Å². The number of halogens is 1. The van der Waals surface area contributed by atoms with Crippen molar-refractivity contribution in [3.63, 3.8) is 0 Å². The second-order valence-corrected chi connectivity index (χ2v) is 4.21. The highest BCUT2D eigenvalue weighted by Crippen LogP contribution is 2.24. The Hall–Kier alpha value is -2.34. The quantitative estimate of drug-likeness (QED) is 0.881. The van der Waals surface area contributed by atoms with E-state index >= 15 is 0 Å². The van der Waals surface area contributed by atoms with E-state index in [1.807, 2.05) is 6.92 Å². The Morgan fingerprint density at radius 1 is 1.40 bits per heavy atom. The molecule has 0 unspecified atom stereocenters. The minimum Gasteiger partial charge on any atom is -0.478 e. The van der Waals surface area contributed by atoms with Gasteiger partial charge in [0.2, 0.25) is 5.88 Å². The molecule has 20 heavy (non-hydrogen) atoms. The number of aromatic carboxylic acids is 1. The fourth-order valence-electron chi connectivity index (χ4n) is 1.47. The molecule has 2 rings (SSSR count). The van der Waals surface area contributed by atoms with Gasteiger partial charge in [0.25, 0.3) is 0 Å². The lowest BCUT2D eigenvalue weighted by Crippen LogP contribution is -2.01. The molecule has 6 nitrogen and oxygen atoms in total. The van der Waals surface area contributed by atoms with Crippen molar-refractivity contribution in [2.45, 2.75) is 6.92 Å². The third-order valence-corrected chi connectivity index (χ3v) is 2.67. The molecular formula is C13H12ClN3O3. The lowest BCUT2D eigenvalue weighted by atomic mass is 10.3. The summed E-state index contributed by atoms with van der Waals surface area (Å²) in [5, 5.41) is 12.0. The Bertz CT molecular complexity index is 617. The predicted molar refractivity (Wildman–Crippen MR) is 74.9 cm³/mol. The summed E-state index contributed by atoms with van der Waals surface area (Å²) < 4.78 is 5.23. The van der Waals surface area contributed by atoms with Crippen molar-refractivity contribution in [2.75, 3.05) is 11.9 Å². The van der Waals surface area contributed by atoms with Gasteiger partial charge in [-0.3, -0.25) is 0 Å². The fourth-order valence-corrected chi connectivity index (χ4v) is 1.68. The second kappa shape index (κ2) is 6.21. The highest BCUT2D eigenvalue weighted by atomic mass is 35.5. The zero-order valence-corrected chi connectivity index (χ0v) is 11.4. The number of carbonyl (C=O) groups is 1. The molecule has 0 radical (unpaired) electrons. The number of aromatic nitrogens is 2. The van der Waals surface area contributed by atoms with Crippen LogP contribution in [0, 0.1) is 0 Å². The maximum absolute atomic E-state index is 10.8. The first-order valence-corrected chi connectivity index (χ1v) is 6.22. The SMILES string of the molecule is CCOc1ccc(Nc2ncc(C(=O)O)cc2Cl)cn1. The van der Waals surface area contributed by atoms with Crippen LogP contribution in [-0.2, 0) is 0 Å². The molecular weight excluding hydrogens is 282 g/mol. The molecule has 0 aromatic carbocycles. The van der Waals surface area contributed by atoms with Crippen molar-refractivity contribution in [1.29, 1.82) is 0 Å². The molecule has 2 aromatic heterocycles. The molecule has 0 bridgehead atoms. The van der Waals surface area contributed by atoms with Crippen LogP contribution < -0.4 is 10.1 Å². The number of pyridine rings is 2. The summed E-state index contributed by atoms with van der Waals surface area (Å²) in [6.07, 6.45) is 2.81. The van der Waals surface area contributed by atoms with Crippen molar-refractivity contribution >= 4 is 29.1 Å². The summed E-state index contributed by atoms with van der Waals surface area (Å²) in [5.74, 6) is -0.186. The third-order valence-electron chi connectivity index (χ3n) is 2.38. The number of hydrogen-bond acceptors (Lipinski definition) is 5. The number of nitrogens with one attached hydrogen (secondary N) is 1.